The maximum Gasteiger partial charge on any atom is 0.167 e. The summed E-state index contributed by atoms with van der Waals surface area (Å²) >= 11 is 6.02. The van der Waals surface area contributed by atoms with Crippen LogP contribution in [0.25, 0.3) is 0 Å². The zero-order valence-corrected chi connectivity index (χ0v) is 12.8. The lowest BCUT2D eigenvalue weighted by molar-refractivity contribution is 0.0869. The van der Waals surface area contributed by atoms with E-state index in [0.717, 1.165) is 31.6 Å². The highest BCUT2D eigenvalue weighted by Gasteiger charge is 2.27. The molecule has 0 aromatic heterocycles. The molecule has 1 aliphatic carbocycles. The Kier molecular flexibility index (Phi) is 5.59. The first kappa shape index (κ1) is 15.5. The van der Waals surface area contributed by atoms with Crippen LogP contribution in [-0.4, -0.2) is 5.78 Å². The third-order valence-electron chi connectivity index (χ3n) is 4.38. The number of carbonyl (C=O) groups is 1. The highest BCUT2D eigenvalue weighted by atomic mass is 35.5. The molecule has 1 aliphatic rings. The Balaban J connectivity index is 1.96. The first-order chi connectivity index (χ1) is 9.61. The summed E-state index contributed by atoms with van der Waals surface area (Å²) in [6, 6.07) is 4.03. The lowest BCUT2D eigenvalue weighted by Crippen LogP contribution is -2.22. The number of hydrogen-bond acceptors (Lipinski definition) is 1. The van der Waals surface area contributed by atoms with Gasteiger partial charge in [0.2, 0.25) is 0 Å². The van der Waals surface area contributed by atoms with Crippen LogP contribution in [0, 0.1) is 17.7 Å². The summed E-state index contributed by atoms with van der Waals surface area (Å²) in [6.45, 7) is 2.21. The van der Waals surface area contributed by atoms with Gasteiger partial charge in [-0.1, -0.05) is 37.8 Å². The Morgan fingerprint density at radius 3 is 2.65 bits per heavy atom. The van der Waals surface area contributed by atoms with Crippen LogP contribution in [0.3, 0.4) is 0 Å². The maximum atomic E-state index is 13.3. The Labute approximate surface area is 125 Å². The molecular formula is C17H22ClFO. The molecule has 3 heteroatoms. The molecule has 0 spiro atoms. The van der Waals surface area contributed by atoms with Gasteiger partial charge < -0.3 is 0 Å². The van der Waals surface area contributed by atoms with Crippen LogP contribution in [0.2, 0.25) is 5.02 Å². The number of ketones is 1. The van der Waals surface area contributed by atoms with Gasteiger partial charge in [0.05, 0.1) is 5.02 Å². The van der Waals surface area contributed by atoms with Crippen LogP contribution in [0.5, 0.6) is 0 Å². The number of carbonyl (C=O) groups excluding carboxylic acids is 1. The molecule has 0 bridgehead atoms. The van der Waals surface area contributed by atoms with Crippen molar-refractivity contribution >= 4 is 17.4 Å². The van der Waals surface area contributed by atoms with E-state index < -0.39 is 5.82 Å². The van der Waals surface area contributed by atoms with Crippen LogP contribution in [0.15, 0.2) is 18.2 Å². The predicted molar refractivity (Wildman–Crippen MR) is 80.7 cm³/mol. The highest BCUT2D eigenvalue weighted by molar-refractivity contribution is 6.34. The lowest BCUT2D eigenvalue weighted by Gasteiger charge is -2.27. The van der Waals surface area contributed by atoms with Crippen molar-refractivity contribution in [3.05, 3.63) is 34.6 Å². The highest BCUT2D eigenvalue weighted by Crippen LogP contribution is 2.34. The standard InChI is InChI=1S/C17H22ClFO/c1-2-3-4-12-5-7-13(8-6-12)17(20)15-11-14(19)9-10-16(15)18/h9-13H,2-8H2,1H3. The van der Waals surface area contributed by atoms with Gasteiger partial charge in [-0.2, -0.15) is 0 Å². The molecule has 20 heavy (non-hydrogen) atoms. The van der Waals surface area contributed by atoms with Crippen molar-refractivity contribution in [2.45, 2.75) is 51.9 Å². The fourth-order valence-electron chi connectivity index (χ4n) is 3.11. The van der Waals surface area contributed by atoms with E-state index in [1.54, 1.807) is 0 Å². The molecule has 0 N–H and O–H groups in total. The average Bonchev–Trinajstić information content (AvgIpc) is 2.47. The number of rotatable bonds is 5. The summed E-state index contributed by atoms with van der Waals surface area (Å²) in [5.74, 6) is 0.409. The molecule has 0 aliphatic heterocycles. The number of hydrogen-bond donors (Lipinski definition) is 0. The molecule has 0 amide bonds. The largest absolute Gasteiger partial charge is 0.294 e. The summed E-state index contributed by atoms with van der Waals surface area (Å²) in [4.78, 5) is 12.4. The molecule has 0 radical (unpaired) electrons. The van der Waals surface area contributed by atoms with E-state index >= 15 is 0 Å². The van der Waals surface area contributed by atoms with Gasteiger partial charge in [0.1, 0.15) is 5.82 Å². The monoisotopic (exact) mass is 296 g/mol. The molecule has 1 fully saturated rings. The van der Waals surface area contributed by atoms with E-state index in [1.165, 1.54) is 37.5 Å². The van der Waals surface area contributed by atoms with Crippen LogP contribution in [-0.2, 0) is 0 Å². The minimum Gasteiger partial charge on any atom is -0.294 e. The Morgan fingerprint density at radius 2 is 2.00 bits per heavy atom. The third kappa shape index (κ3) is 3.82. The molecule has 0 atom stereocenters. The first-order valence-corrected chi connectivity index (χ1v) is 7.99. The van der Waals surface area contributed by atoms with Crippen molar-refractivity contribution in [2.24, 2.45) is 11.8 Å². The quantitative estimate of drug-likeness (QED) is 0.641. The van der Waals surface area contributed by atoms with Gasteiger partial charge in [-0.25, -0.2) is 4.39 Å². The second-order valence-electron chi connectivity index (χ2n) is 5.85. The smallest absolute Gasteiger partial charge is 0.167 e. The first-order valence-electron chi connectivity index (χ1n) is 7.61. The molecule has 0 heterocycles. The lowest BCUT2D eigenvalue weighted by atomic mass is 9.77. The minimum atomic E-state index is -0.394. The Hall–Kier alpha value is -0.890. The van der Waals surface area contributed by atoms with Crippen LogP contribution >= 0.6 is 11.6 Å². The van der Waals surface area contributed by atoms with E-state index in [2.05, 4.69) is 6.92 Å². The fraction of sp³-hybridized carbons (Fsp3) is 0.588. The van der Waals surface area contributed by atoms with Crippen molar-refractivity contribution in [2.75, 3.05) is 0 Å². The molecule has 110 valence electrons. The van der Waals surface area contributed by atoms with Crippen molar-refractivity contribution in [1.29, 1.82) is 0 Å². The zero-order chi connectivity index (χ0) is 14.5. The number of halogens is 2. The van der Waals surface area contributed by atoms with E-state index in [4.69, 9.17) is 11.6 Å². The van der Waals surface area contributed by atoms with Crippen LogP contribution < -0.4 is 0 Å². The van der Waals surface area contributed by atoms with Gasteiger partial charge in [-0.3, -0.25) is 4.79 Å². The SMILES string of the molecule is CCCCC1CCC(C(=O)c2cc(F)ccc2Cl)CC1. The summed E-state index contributed by atoms with van der Waals surface area (Å²) in [7, 11) is 0. The van der Waals surface area contributed by atoms with E-state index in [1.807, 2.05) is 0 Å². The van der Waals surface area contributed by atoms with Crippen LogP contribution in [0.1, 0.15) is 62.2 Å². The molecule has 1 aromatic carbocycles. The van der Waals surface area contributed by atoms with Crippen molar-refractivity contribution in [3.8, 4) is 0 Å². The van der Waals surface area contributed by atoms with Crippen LogP contribution in [0.4, 0.5) is 4.39 Å². The summed E-state index contributed by atoms with van der Waals surface area (Å²) in [5, 5.41) is 0.365. The van der Waals surface area contributed by atoms with Gasteiger partial charge in [-0.15, -0.1) is 0 Å². The normalized spacial score (nSPS) is 22.8. The summed E-state index contributed by atoms with van der Waals surface area (Å²) < 4.78 is 13.3. The number of benzene rings is 1. The molecule has 2 rings (SSSR count). The molecular weight excluding hydrogens is 275 g/mol. The summed E-state index contributed by atoms with van der Waals surface area (Å²) in [5.41, 5.74) is 0.351. The predicted octanol–water partition coefficient (Wildman–Crippen LogP) is 5.66. The maximum absolute atomic E-state index is 13.3. The topological polar surface area (TPSA) is 17.1 Å². The summed E-state index contributed by atoms with van der Waals surface area (Å²) in [6.07, 6.45) is 7.85. The second-order valence-corrected chi connectivity index (χ2v) is 6.26. The molecule has 1 nitrogen and oxygen atoms in total. The van der Waals surface area contributed by atoms with Crippen molar-refractivity contribution in [1.82, 2.24) is 0 Å². The fourth-order valence-corrected chi connectivity index (χ4v) is 3.32. The van der Waals surface area contributed by atoms with E-state index in [9.17, 15) is 9.18 Å². The van der Waals surface area contributed by atoms with Gasteiger partial charge >= 0.3 is 0 Å². The molecule has 1 saturated carbocycles. The second kappa shape index (κ2) is 7.21. The van der Waals surface area contributed by atoms with Gasteiger partial charge in [0.15, 0.2) is 5.78 Å². The van der Waals surface area contributed by atoms with E-state index in [-0.39, 0.29) is 11.7 Å². The number of unbranched alkanes of at least 4 members (excludes halogenated alkanes) is 1. The zero-order valence-electron chi connectivity index (χ0n) is 12.0. The minimum absolute atomic E-state index is 0.0171. The number of Topliss-reactive ketones (excluding diaryl/α,β-unsaturated/α-hetero) is 1. The molecule has 0 saturated heterocycles. The van der Waals surface area contributed by atoms with Gasteiger partial charge in [0.25, 0.3) is 0 Å². The molecule has 0 unspecified atom stereocenters. The van der Waals surface area contributed by atoms with Gasteiger partial charge in [0, 0.05) is 11.5 Å². The Morgan fingerprint density at radius 1 is 1.30 bits per heavy atom. The van der Waals surface area contributed by atoms with Crippen molar-refractivity contribution < 1.29 is 9.18 Å². The average molecular weight is 297 g/mol. The van der Waals surface area contributed by atoms with Gasteiger partial charge in [-0.05, 0) is 49.8 Å². The Bertz CT molecular complexity index is 464. The van der Waals surface area contributed by atoms with Crippen molar-refractivity contribution in [3.63, 3.8) is 0 Å². The molecule has 1 aromatic rings. The third-order valence-corrected chi connectivity index (χ3v) is 4.71. The van der Waals surface area contributed by atoms with E-state index in [0.29, 0.717) is 10.6 Å².